The van der Waals surface area contributed by atoms with E-state index in [0.717, 1.165) is 47.1 Å². The topological polar surface area (TPSA) is 29.5 Å². The van der Waals surface area contributed by atoms with Crippen LogP contribution in [0, 0.1) is 25.7 Å². The summed E-state index contributed by atoms with van der Waals surface area (Å²) in [5.74, 6) is 2.58. The predicted octanol–water partition coefficient (Wildman–Crippen LogP) is 4.00. The van der Waals surface area contributed by atoms with Gasteiger partial charge in [-0.2, -0.15) is 0 Å². The maximum Gasteiger partial charge on any atom is 0.125 e. The maximum atomic E-state index is 9.22. The van der Waals surface area contributed by atoms with E-state index in [9.17, 15) is 5.11 Å². The summed E-state index contributed by atoms with van der Waals surface area (Å²) in [7, 11) is 0. The van der Waals surface area contributed by atoms with E-state index in [4.69, 9.17) is 4.74 Å². The third-order valence-corrected chi connectivity index (χ3v) is 4.54. The van der Waals surface area contributed by atoms with Gasteiger partial charge in [-0.25, -0.2) is 0 Å². The van der Waals surface area contributed by atoms with Crippen molar-refractivity contribution in [2.24, 2.45) is 11.8 Å². The van der Waals surface area contributed by atoms with Gasteiger partial charge in [0, 0.05) is 0 Å². The summed E-state index contributed by atoms with van der Waals surface area (Å²) >= 11 is 0. The van der Waals surface area contributed by atoms with E-state index in [1.807, 2.05) is 12.1 Å². The zero-order valence-electron chi connectivity index (χ0n) is 12.6. The Morgan fingerprint density at radius 1 is 1.11 bits per heavy atom. The normalized spacial score (nSPS) is 27.3. The molecule has 0 aliphatic heterocycles. The number of aryl methyl sites for hydroxylation is 2. The molecule has 1 aromatic rings. The Kier molecular flexibility index (Phi) is 4.51. The average Bonchev–Trinajstić information content (AvgIpc) is 2.37. The monoisotopic (exact) mass is 262 g/mol. The van der Waals surface area contributed by atoms with Crippen LogP contribution in [0.5, 0.6) is 5.75 Å². The van der Waals surface area contributed by atoms with E-state index < -0.39 is 0 Å². The minimum Gasteiger partial charge on any atom is -0.490 e. The fourth-order valence-corrected chi connectivity index (χ4v) is 3.09. The van der Waals surface area contributed by atoms with Crippen molar-refractivity contribution >= 4 is 0 Å². The summed E-state index contributed by atoms with van der Waals surface area (Å²) in [4.78, 5) is 0. The summed E-state index contributed by atoms with van der Waals surface area (Å²) in [6, 6.07) is 4.05. The van der Waals surface area contributed by atoms with Crippen molar-refractivity contribution in [3.8, 4) is 5.75 Å². The van der Waals surface area contributed by atoms with Gasteiger partial charge >= 0.3 is 0 Å². The van der Waals surface area contributed by atoms with Gasteiger partial charge in [-0.05, 0) is 61.6 Å². The van der Waals surface area contributed by atoms with Crippen molar-refractivity contribution in [1.82, 2.24) is 0 Å². The highest BCUT2D eigenvalue weighted by Gasteiger charge is 2.26. The summed E-state index contributed by atoms with van der Waals surface area (Å²) in [6.07, 6.45) is 3.93. The number of hydrogen-bond donors (Lipinski definition) is 1. The number of hydrogen-bond acceptors (Lipinski definition) is 2. The molecular formula is C17H26O2. The standard InChI is InChI=1S/C17H26O2/c1-11-5-6-16(9-12(11)2)19-17-13(3)7-15(10-18)8-14(17)4/h7-8,11-12,16,18H,5-6,9-10H2,1-4H3. The Morgan fingerprint density at radius 3 is 2.26 bits per heavy atom. The van der Waals surface area contributed by atoms with Crippen LogP contribution in [0.15, 0.2) is 12.1 Å². The Labute approximate surface area is 116 Å². The van der Waals surface area contributed by atoms with Crippen LogP contribution in [0.2, 0.25) is 0 Å². The van der Waals surface area contributed by atoms with Crippen LogP contribution >= 0.6 is 0 Å². The quantitative estimate of drug-likeness (QED) is 0.892. The molecule has 0 heterocycles. The second-order valence-electron chi connectivity index (χ2n) is 6.22. The minimum atomic E-state index is 0.0972. The highest BCUT2D eigenvalue weighted by molar-refractivity contribution is 5.43. The molecule has 2 rings (SSSR count). The second-order valence-corrected chi connectivity index (χ2v) is 6.22. The number of aliphatic hydroxyl groups is 1. The molecule has 2 heteroatoms. The van der Waals surface area contributed by atoms with Crippen molar-refractivity contribution in [2.75, 3.05) is 0 Å². The maximum absolute atomic E-state index is 9.22. The zero-order chi connectivity index (χ0) is 14.0. The van der Waals surface area contributed by atoms with Crippen LogP contribution in [0.25, 0.3) is 0 Å². The minimum absolute atomic E-state index is 0.0972. The molecule has 106 valence electrons. The molecule has 0 bridgehead atoms. The van der Waals surface area contributed by atoms with Gasteiger partial charge in [0.1, 0.15) is 5.75 Å². The van der Waals surface area contributed by atoms with Gasteiger partial charge in [-0.1, -0.05) is 26.0 Å². The van der Waals surface area contributed by atoms with Crippen molar-refractivity contribution in [1.29, 1.82) is 0 Å². The molecule has 1 aliphatic carbocycles. The van der Waals surface area contributed by atoms with E-state index in [1.165, 1.54) is 6.42 Å². The molecule has 0 saturated heterocycles. The lowest BCUT2D eigenvalue weighted by atomic mass is 9.80. The fraction of sp³-hybridized carbons (Fsp3) is 0.647. The zero-order valence-corrected chi connectivity index (χ0v) is 12.6. The Balaban J connectivity index is 2.11. The molecular weight excluding hydrogens is 236 g/mol. The second kappa shape index (κ2) is 5.96. The van der Waals surface area contributed by atoms with Crippen LogP contribution in [-0.2, 0) is 6.61 Å². The molecule has 0 amide bonds. The van der Waals surface area contributed by atoms with Crippen molar-refractivity contribution < 1.29 is 9.84 Å². The smallest absolute Gasteiger partial charge is 0.125 e. The van der Waals surface area contributed by atoms with E-state index >= 15 is 0 Å². The Bertz CT molecular complexity index is 416. The van der Waals surface area contributed by atoms with Crippen LogP contribution in [0.4, 0.5) is 0 Å². The van der Waals surface area contributed by atoms with Gasteiger partial charge in [-0.3, -0.25) is 0 Å². The summed E-state index contributed by atoms with van der Waals surface area (Å²) in [6.45, 7) is 8.90. The summed E-state index contributed by atoms with van der Waals surface area (Å²) in [5, 5.41) is 9.22. The van der Waals surface area contributed by atoms with Gasteiger partial charge in [0.25, 0.3) is 0 Å². The van der Waals surface area contributed by atoms with Crippen molar-refractivity contribution in [3.05, 3.63) is 28.8 Å². The molecule has 3 atom stereocenters. The Hall–Kier alpha value is -1.02. The van der Waals surface area contributed by atoms with E-state index in [0.29, 0.717) is 6.10 Å². The first kappa shape index (κ1) is 14.4. The Morgan fingerprint density at radius 2 is 1.74 bits per heavy atom. The van der Waals surface area contributed by atoms with Crippen LogP contribution < -0.4 is 4.74 Å². The van der Waals surface area contributed by atoms with E-state index in [-0.39, 0.29) is 6.61 Å². The van der Waals surface area contributed by atoms with Gasteiger partial charge in [0.05, 0.1) is 12.7 Å². The highest BCUT2D eigenvalue weighted by atomic mass is 16.5. The van der Waals surface area contributed by atoms with Crippen LogP contribution in [0.3, 0.4) is 0 Å². The molecule has 1 N–H and O–H groups in total. The van der Waals surface area contributed by atoms with E-state index in [2.05, 4.69) is 27.7 Å². The van der Waals surface area contributed by atoms with Gasteiger partial charge in [-0.15, -0.1) is 0 Å². The molecule has 0 spiro atoms. The molecule has 0 radical (unpaired) electrons. The number of benzene rings is 1. The lowest BCUT2D eigenvalue weighted by Crippen LogP contribution is -2.29. The molecule has 2 nitrogen and oxygen atoms in total. The first-order valence-corrected chi connectivity index (χ1v) is 7.39. The molecule has 1 saturated carbocycles. The third-order valence-electron chi connectivity index (χ3n) is 4.54. The van der Waals surface area contributed by atoms with Crippen LogP contribution in [0.1, 0.15) is 49.8 Å². The molecule has 19 heavy (non-hydrogen) atoms. The SMILES string of the molecule is Cc1cc(CO)cc(C)c1OC1CCC(C)C(C)C1. The number of rotatable bonds is 3. The molecule has 0 aromatic heterocycles. The van der Waals surface area contributed by atoms with Gasteiger partial charge in [0.15, 0.2) is 0 Å². The molecule has 3 unspecified atom stereocenters. The fourth-order valence-electron chi connectivity index (χ4n) is 3.09. The van der Waals surface area contributed by atoms with Crippen molar-refractivity contribution in [2.45, 2.75) is 59.7 Å². The number of aliphatic hydroxyl groups excluding tert-OH is 1. The third kappa shape index (κ3) is 3.30. The molecule has 1 fully saturated rings. The van der Waals surface area contributed by atoms with Gasteiger partial charge < -0.3 is 9.84 Å². The highest BCUT2D eigenvalue weighted by Crippen LogP contribution is 2.34. The summed E-state index contributed by atoms with van der Waals surface area (Å²) < 4.78 is 6.25. The largest absolute Gasteiger partial charge is 0.490 e. The predicted molar refractivity (Wildman–Crippen MR) is 78.4 cm³/mol. The number of ether oxygens (including phenoxy) is 1. The van der Waals surface area contributed by atoms with Crippen molar-refractivity contribution in [3.63, 3.8) is 0 Å². The lowest BCUT2D eigenvalue weighted by Gasteiger charge is -2.33. The summed E-state index contributed by atoms with van der Waals surface area (Å²) in [5.41, 5.74) is 3.23. The first-order valence-electron chi connectivity index (χ1n) is 7.39. The van der Waals surface area contributed by atoms with E-state index in [1.54, 1.807) is 0 Å². The van der Waals surface area contributed by atoms with Crippen LogP contribution in [-0.4, -0.2) is 11.2 Å². The van der Waals surface area contributed by atoms with Gasteiger partial charge in [0.2, 0.25) is 0 Å². The lowest BCUT2D eigenvalue weighted by molar-refractivity contribution is 0.0993. The molecule has 1 aromatic carbocycles. The average molecular weight is 262 g/mol. The molecule has 1 aliphatic rings. The first-order chi connectivity index (χ1) is 9.01.